The summed E-state index contributed by atoms with van der Waals surface area (Å²) in [6.45, 7) is 5.69. The normalized spacial score (nSPS) is 17.3. The zero-order valence-electron chi connectivity index (χ0n) is 12.7. The van der Waals surface area contributed by atoms with Gasteiger partial charge >= 0.3 is 0 Å². The molecule has 5 heteroatoms. The summed E-state index contributed by atoms with van der Waals surface area (Å²) in [5.41, 5.74) is 0.822. The molecule has 0 spiro atoms. The molecular formula is C16H23N3O2. The maximum Gasteiger partial charge on any atom is 0.231 e. The number of nitrogens with one attached hydrogen (secondary N) is 1. The molecule has 0 saturated carbocycles. The number of amides is 2. The van der Waals surface area contributed by atoms with Crippen molar-refractivity contribution in [3.05, 3.63) is 30.1 Å². The molecule has 1 N–H and O–H groups in total. The first-order valence-electron chi connectivity index (χ1n) is 7.52. The molecule has 1 aromatic rings. The van der Waals surface area contributed by atoms with Gasteiger partial charge in [-0.3, -0.25) is 14.6 Å². The Kier molecular flexibility index (Phi) is 5.31. The fraction of sp³-hybridized carbons (Fsp3) is 0.562. The van der Waals surface area contributed by atoms with E-state index in [1.54, 1.807) is 6.20 Å². The van der Waals surface area contributed by atoms with Crippen LogP contribution in [0.15, 0.2) is 24.4 Å². The van der Waals surface area contributed by atoms with Crippen LogP contribution in [-0.4, -0.2) is 41.3 Å². The van der Waals surface area contributed by atoms with Crippen LogP contribution in [0.1, 0.15) is 38.3 Å². The summed E-state index contributed by atoms with van der Waals surface area (Å²) in [5, 5.41) is 2.86. The maximum absolute atomic E-state index is 12.5. The Morgan fingerprint density at radius 1 is 1.38 bits per heavy atom. The van der Waals surface area contributed by atoms with Crippen LogP contribution in [0.3, 0.4) is 0 Å². The molecule has 1 aromatic heterocycles. The summed E-state index contributed by atoms with van der Waals surface area (Å²) in [7, 11) is 0. The standard InChI is InChI=1S/C16H23N3O2/c1-12(15-5-3-4-8-17-15)16(21)19-9-6-14(7-10-19)11-18-13(2)20/h3-5,8,12,14H,6-7,9-11H2,1-2H3,(H,18,20). The smallest absolute Gasteiger partial charge is 0.231 e. The molecule has 1 unspecified atom stereocenters. The predicted molar refractivity (Wildman–Crippen MR) is 80.6 cm³/mol. The largest absolute Gasteiger partial charge is 0.356 e. The minimum absolute atomic E-state index is 0.0114. The Morgan fingerprint density at radius 2 is 2.10 bits per heavy atom. The lowest BCUT2D eigenvalue weighted by molar-refractivity contribution is -0.134. The van der Waals surface area contributed by atoms with Crippen molar-refractivity contribution in [3.8, 4) is 0 Å². The lowest BCUT2D eigenvalue weighted by Gasteiger charge is -2.33. The van der Waals surface area contributed by atoms with Crippen molar-refractivity contribution in [1.82, 2.24) is 15.2 Å². The van der Waals surface area contributed by atoms with Gasteiger partial charge in [0.15, 0.2) is 0 Å². The Hall–Kier alpha value is -1.91. The van der Waals surface area contributed by atoms with Gasteiger partial charge in [0.2, 0.25) is 11.8 Å². The van der Waals surface area contributed by atoms with E-state index in [1.807, 2.05) is 30.0 Å². The van der Waals surface area contributed by atoms with Gasteiger partial charge in [-0.15, -0.1) is 0 Å². The zero-order valence-corrected chi connectivity index (χ0v) is 12.7. The molecule has 1 saturated heterocycles. The highest BCUT2D eigenvalue weighted by molar-refractivity contribution is 5.82. The summed E-state index contributed by atoms with van der Waals surface area (Å²) in [4.78, 5) is 29.6. The van der Waals surface area contributed by atoms with E-state index in [2.05, 4.69) is 10.3 Å². The van der Waals surface area contributed by atoms with E-state index in [0.29, 0.717) is 12.5 Å². The van der Waals surface area contributed by atoms with Gasteiger partial charge in [0.05, 0.1) is 11.6 Å². The number of piperidine rings is 1. The molecule has 0 aromatic carbocycles. The summed E-state index contributed by atoms with van der Waals surface area (Å²) in [6.07, 6.45) is 3.61. The maximum atomic E-state index is 12.5. The van der Waals surface area contributed by atoms with Crippen molar-refractivity contribution < 1.29 is 9.59 Å². The summed E-state index contributed by atoms with van der Waals surface area (Å²) in [6, 6.07) is 5.66. The number of pyridine rings is 1. The Balaban J connectivity index is 1.84. The lowest BCUT2D eigenvalue weighted by atomic mass is 9.95. The van der Waals surface area contributed by atoms with Gasteiger partial charge < -0.3 is 10.2 Å². The topological polar surface area (TPSA) is 62.3 Å². The molecule has 21 heavy (non-hydrogen) atoms. The minimum atomic E-state index is -0.196. The van der Waals surface area contributed by atoms with Crippen molar-refractivity contribution in [2.45, 2.75) is 32.6 Å². The predicted octanol–water partition coefficient (Wildman–Crippen LogP) is 1.56. The molecule has 2 heterocycles. The van der Waals surface area contributed by atoms with E-state index in [4.69, 9.17) is 0 Å². The molecule has 0 bridgehead atoms. The van der Waals surface area contributed by atoms with E-state index in [-0.39, 0.29) is 17.7 Å². The molecule has 2 rings (SSSR count). The van der Waals surface area contributed by atoms with Crippen molar-refractivity contribution in [2.24, 2.45) is 5.92 Å². The van der Waals surface area contributed by atoms with Crippen LogP contribution in [-0.2, 0) is 9.59 Å². The number of likely N-dealkylation sites (tertiary alicyclic amines) is 1. The number of nitrogens with zero attached hydrogens (tertiary/aromatic N) is 2. The molecule has 1 aliphatic heterocycles. The van der Waals surface area contributed by atoms with E-state index in [9.17, 15) is 9.59 Å². The second kappa shape index (κ2) is 7.20. The van der Waals surface area contributed by atoms with E-state index >= 15 is 0 Å². The van der Waals surface area contributed by atoms with Crippen LogP contribution < -0.4 is 5.32 Å². The Labute approximate surface area is 125 Å². The monoisotopic (exact) mass is 289 g/mol. The first kappa shape index (κ1) is 15.5. The summed E-state index contributed by atoms with van der Waals surface area (Å²) < 4.78 is 0. The van der Waals surface area contributed by atoms with Gasteiger partial charge in [-0.1, -0.05) is 6.07 Å². The fourth-order valence-corrected chi connectivity index (χ4v) is 2.68. The highest BCUT2D eigenvalue weighted by Gasteiger charge is 2.27. The van der Waals surface area contributed by atoms with Crippen LogP contribution in [0.5, 0.6) is 0 Å². The Morgan fingerprint density at radius 3 is 2.67 bits per heavy atom. The molecule has 2 amide bonds. The summed E-state index contributed by atoms with van der Waals surface area (Å²) in [5.74, 6) is 0.435. The Bertz CT molecular complexity index is 482. The van der Waals surface area contributed by atoms with Crippen molar-refractivity contribution in [3.63, 3.8) is 0 Å². The fourth-order valence-electron chi connectivity index (χ4n) is 2.68. The van der Waals surface area contributed by atoms with Gasteiger partial charge in [-0.2, -0.15) is 0 Å². The number of hydrogen-bond donors (Lipinski definition) is 1. The third kappa shape index (κ3) is 4.28. The van der Waals surface area contributed by atoms with Crippen LogP contribution in [0.25, 0.3) is 0 Å². The average molecular weight is 289 g/mol. The van der Waals surface area contributed by atoms with Gasteiger partial charge in [0.25, 0.3) is 0 Å². The van der Waals surface area contributed by atoms with Gasteiger partial charge in [-0.25, -0.2) is 0 Å². The van der Waals surface area contributed by atoms with Crippen LogP contribution in [0.4, 0.5) is 0 Å². The first-order valence-corrected chi connectivity index (χ1v) is 7.52. The first-order chi connectivity index (χ1) is 10.1. The molecule has 0 radical (unpaired) electrons. The lowest BCUT2D eigenvalue weighted by Crippen LogP contribution is -2.42. The van der Waals surface area contributed by atoms with Crippen LogP contribution >= 0.6 is 0 Å². The second-order valence-electron chi connectivity index (χ2n) is 5.68. The van der Waals surface area contributed by atoms with Gasteiger partial charge in [0.1, 0.15) is 0 Å². The van der Waals surface area contributed by atoms with E-state index in [0.717, 1.165) is 31.6 Å². The third-order valence-corrected chi connectivity index (χ3v) is 4.07. The second-order valence-corrected chi connectivity index (χ2v) is 5.68. The summed E-state index contributed by atoms with van der Waals surface area (Å²) >= 11 is 0. The quantitative estimate of drug-likeness (QED) is 0.915. The van der Waals surface area contributed by atoms with Crippen molar-refractivity contribution in [2.75, 3.05) is 19.6 Å². The molecule has 1 atom stereocenters. The minimum Gasteiger partial charge on any atom is -0.356 e. The van der Waals surface area contributed by atoms with Crippen LogP contribution in [0, 0.1) is 5.92 Å². The molecular weight excluding hydrogens is 266 g/mol. The third-order valence-electron chi connectivity index (χ3n) is 4.07. The molecule has 114 valence electrons. The number of hydrogen-bond acceptors (Lipinski definition) is 3. The van der Waals surface area contributed by atoms with Crippen molar-refractivity contribution in [1.29, 1.82) is 0 Å². The molecule has 1 fully saturated rings. The van der Waals surface area contributed by atoms with Crippen molar-refractivity contribution >= 4 is 11.8 Å². The molecule has 1 aliphatic rings. The molecule has 5 nitrogen and oxygen atoms in total. The van der Waals surface area contributed by atoms with Gasteiger partial charge in [-0.05, 0) is 37.8 Å². The highest BCUT2D eigenvalue weighted by Crippen LogP contribution is 2.21. The number of carbonyl (C=O) groups excluding carboxylic acids is 2. The number of carbonyl (C=O) groups is 2. The van der Waals surface area contributed by atoms with E-state index in [1.165, 1.54) is 6.92 Å². The number of rotatable bonds is 4. The number of aromatic nitrogens is 1. The SMILES string of the molecule is CC(=O)NCC1CCN(C(=O)C(C)c2ccccn2)CC1. The van der Waals surface area contributed by atoms with Gasteiger partial charge in [0, 0.05) is 32.8 Å². The zero-order chi connectivity index (χ0) is 15.2. The van der Waals surface area contributed by atoms with E-state index < -0.39 is 0 Å². The van der Waals surface area contributed by atoms with Crippen LogP contribution in [0.2, 0.25) is 0 Å². The highest BCUT2D eigenvalue weighted by atomic mass is 16.2. The average Bonchev–Trinajstić information content (AvgIpc) is 2.53. The molecule has 0 aliphatic carbocycles.